The number of carbonyl (C=O) groups is 1. The van der Waals surface area contributed by atoms with Gasteiger partial charge in [0.15, 0.2) is 5.96 Å². The van der Waals surface area contributed by atoms with Crippen LogP contribution in [0, 0.1) is 0 Å². The van der Waals surface area contributed by atoms with E-state index < -0.39 is 12.8 Å². The summed E-state index contributed by atoms with van der Waals surface area (Å²) < 4.78 is 46.3. The molecule has 170 valence electrons. The fourth-order valence-electron chi connectivity index (χ4n) is 2.21. The Kier molecular flexibility index (Phi) is 11.8. The predicted molar refractivity (Wildman–Crippen MR) is 109 cm³/mol. The summed E-state index contributed by atoms with van der Waals surface area (Å²) in [6.07, 6.45) is -3.54. The zero-order chi connectivity index (χ0) is 22.4. The van der Waals surface area contributed by atoms with E-state index in [1.165, 1.54) is 4.90 Å². The number of likely N-dealkylation sites (N-methyl/N-ethyl adjacent to an activating group) is 1. The maximum Gasteiger partial charge on any atom is 0.411 e. The molecule has 10 heteroatoms. The topological polar surface area (TPSA) is 75.2 Å². The van der Waals surface area contributed by atoms with Gasteiger partial charge in [0.1, 0.15) is 6.61 Å². The molecule has 0 aromatic heterocycles. The number of rotatable bonds is 12. The molecule has 1 rings (SSSR count). The highest BCUT2D eigenvalue weighted by Crippen LogP contribution is 2.16. The fourth-order valence-corrected chi connectivity index (χ4v) is 2.21. The quantitative estimate of drug-likeness (QED) is 0.301. The van der Waals surface area contributed by atoms with E-state index in [0.717, 1.165) is 12.0 Å². The molecule has 0 bridgehead atoms. The number of nitrogens with one attached hydrogen (secondary N) is 2. The highest BCUT2D eigenvalue weighted by atomic mass is 19.4. The minimum atomic E-state index is -4.33. The first kappa shape index (κ1) is 25.7. The highest BCUT2D eigenvalue weighted by molar-refractivity contribution is 5.86. The lowest BCUT2D eigenvalue weighted by molar-refractivity contribution is -0.176. The van der Waals surface area contributed by atoms with Gasteiger partial charge in [0.05, 0.1) is 19.7 Å². The molecular weight excluding hydrogens is 401 g/mol. The summed E-state index contributed by atoms with van der Waals surface area (Å²) in [5.74, 6) is 0.418. The first-order valence-corrected chi connectivity index (χ1v) is 9.73. The van der Waals surface area contributed by atoms with Crippen LogP contribution in [0.25, 0.3) is 0 Å². The van der Waals surface area contributed by atoms with Gasteiger partial charge in [0, 0.05) is 33.9 Å². The van der Waals surface area contributed by atoms with Gasteiger partial charge in [-0.25, -0.2) is 4.99 Å². The summed E-state index contributed by atoms with van der Waals surface area (Å²) in [5.41, 5.74) is 1.53. The second-order valence-electron chi connectivity index (χ2n) is 6.71. The van der Waals surface area contributed by atoms with Crippen molar-refractivity contribution in [2.75, 3.05) is 47.0 Å². The number of halogens is 3. The Balaban J connectivity index is 2.58. The van der Waals surface area contributed by atoms with Crippen molar-refractivity contribution in [2.24, 2.45) is 4.99 Å². The van der Waals surface area contributed by atoms with E-state index >= 15 is 0 Å². The van der Waals surface area contributed by atoms with Crippen molar-refractivity contribution in [3.05, 3.63) is 35.4 Å². The largest absolute Gasteiger partial charge is 0.411 e. The molecule has 0 aliphatic heterocycles. The molecule has 0 saturated heterocycles. The van der Waals surface area contributed by atoms with E-state index in [1.807, 2.05) is 6.92 Å². The molecule has 1 amide bonds. The molecule has 0 unspecified atom stereocenters. The van der Waals surface area contributed by atoms with Crippen LogP contribution in [0.1, 0.15) is 24.5 Å². The summed E-state index contributed by atoms with van der Waals surface area (Å²) in [6, 6.07) is 6.99. The van der Waals surface area contributed by atoms with Crippen LogP contribution in [0.5, 0.6) is 0 Å². The Bertz CT molecular complexity index is 650. The fraction of sp³-hybridized carbons (Fsp3) is 0.600. The summed E-state index contributed by atoms with van der Waals surface area (Å²) in [4.78, 5) is 17.8. The number of amides is 1. The third-order valence-corrected chi connectivity index (χ3v) is 3.85. The van der Waals surface area contributed by atoms with Crippen LogP contribution >= 0.6 is 0 Å². The third-order valence-electron chi connectivity index (χ3n) is 3.85. The van der Waals surface area contributed by atoms with E-state index in [0.29, 0.717) is 37.8 Å². The molecule has 0 aliphatic rings. The van der Waals surface area contributed by atoms with Crippen molar-refractivity contribution >= 4 is 11.9 Å². The van der Waals surface area contributed by atoms with E-state index in [2.05, 4.69) is 20.4 Å². The lowest BCUT2D eigenvalue weighted by Gasteiger charge is -2.15. The van der Waals surface area contributed by atoms with Crippen molar-refractivity contribution < 1.29 is 27.4 Å². The van der Waals surface area contributed by atoms with Crippen LogP contribution in [-0.2, 0) is 27.4 Å². The Labute approximate surface area is 175 Å². The van der Waals surface area contributed by atoms with Gasteiger partial charge in [-0.3, -0.25) is 4.79 Å². The minimum Gasteiger partial charge on any atom is -0.382 e. The average Bonchev–Trinajstić information content (AvgIpc) is 2.69. The van der Waals surface area contributed by atoms with E-state index in [-0.39, 0.29) is 19.1 Å². The smallest absolute Gasteiger partial charge is 0.382 e. The van der Waals surface area contributed by atoms with Gasteiger partial charge in [0.2, 0.25) is 5.91 Å². The standard InChI is InChI=1S/C20H31F3N4O3/c1-4-29-11-5-10-24-19(26-13-18(28)27(2)3)25-12-16-6-8-17(9-7-16)14-30-15-20(21,22)23/h6-9H,4-5,10-15H2,1-3H3,(H2,24,25,26). The molecule has 30 heavy (non-hydrogen) atoms. The van der Waals surface area contributed by atoms with E-state index in [9.17, 15) is 18.0 Å². The molecule has 7 nitrogen and oxygen atoms in total. The van der Waals surface area contributed by atoms with Gasteiger partial charge < -0.3 is 25.0 Å². The van der Waals surface area contributed by atoms with Gasteiger partial charge >= 0.3 is 6.18 Å². The number of aliphatic imine (C=N–C) groups is 1. The number of nitrogens with zero attached hydrogens (tertiary/aromatic N) is 2. The zero-order valence-corrected chi connectivity index (χ0v) is 17.7. The van der Waals surface area contributed by atoms with Gasteiger partial charge in [0.25, 0.3) is 0 Å². The van der Waals surface area contributed by atoms with Crippen molar-refractivity contribution in [1.29, 1.82) is 0 Å². The van der Waals surface area contributed by atoms with Crippen LogP contribution < -0.4 is 10.6 Å². The summed E-state index contributed by atoms with van der Waals surface area (Å²) in [7, 11) is 3.35. The summed E-state index contributed by atoms with van der Waals surface area (Å²) in [5, 5.41) is 6.15. The van der Waals surface area contributed by atoms with E-state index in [1.54, 1.807) is 38.4 Å². The maximum atomic E-state index is 12.1. The molecule has 0 heterocycles. The highest BCUT2D eigenvalue weighted by Gasteiger charge is 2.27. The van der Waals surface area contributed by atoms with Crippen molar-refractivity contribution in [3.63, 3.8) is 0 Å². The zero-order valence-electron chi connectivity index (χ0n) is 17.7. The average molecular weight is 432 g/mol. The molecule has 1 aromatic carbocycles. The predicted octanol–water partition coefficient (Wildman–Crippen LogP) is 2.32. The first-order valence-electron chi connectivity index (χ1n) is 9.73. The molecule has 0 radical (unpaired) electrons. The van der Waals surface area contributed by atoms with Crippen LogP contribution in [0.2, 0.25) is 0 Å². The van der Waals surface area contributed by atoms with Gasteiger partial charge in [-0.05, 0) is 24.5 Å². The van der Waals surface area contributed by atoms with Crippen LogP contribution in [-0.4, -0.2) is 69.9 Å². The number of alkyl halides is 3. The van der Waals surface area contributed by atoms with Crippen molar-refractivity contribution in [3.8, 4) is 0 Å². The number of hydrogen-bond acceptors (Lipinski definition) is 4. The van der Waals surface area contributed by atoms with Gasteiger partial charge in [-0.15, -0.1) is 0 Å². The van der Waals surface area contributed by atoms with Crippen molar-refractivity contribution in [1.82, 2.24) is 15.5 Å². The monoisotopic (exact) mass is 432 g/mol. The van der Waals surface area contributed by atoms with Crippen LogP contribution in [0.3, 0.4) is 0 Å². The SMILES string of the molecule is CCOCCCNC(=NCc1ccc(COCC(F)(F)F)cc1)NCC(=O)N(C)C. The Morgan fingerprint density at radius 2 is 1.77 bits per heavy atom. The molecule has 0 aliphatic carbocycles. The molecule has 0 fully saturated rings. The number of ether oxygens (including phenoxy) is 2. The minimum absolute atomic E-state index is 0.0815. The maximum absolute atomic E-state index is 12.1. The third kappa shape index (κ3) is 12.3. The lowest BCUT2D eigenvalue weighted by Crippen LogP contribution is -2.43. The summed E-state index contributed by atoms with van der Waals surface area (Å²) in [6.45, 7) is 2.94. The first-order chi connectivity index (χ1) is 14.2. The second kappa shape index (κ2) is 13.8. The van der Waals surface area contributed by atoms with Crippen LogP contribution in [0.15, 0.2) is 29.3 Å². The molecular formula is C20H31F3N4O3. The number of benzene rings is 1. The molecule has 2 N–H and O–H groups in total. The van der Waals surface area contributed by atoms with Gasteiger partial charge in [-0.2, -0.15) is 13.2 Å². The molecule has 0 atom stereocenters. The summed E-state index contributed by atoms with van der Waals surface area (Å²) >= 11 is 0. The normalized spacial score (nSPS) is 12.0. The van der Waals surface area contributed by atoms with Gasteiger partial charge in [-0.1, -0.05) is 24.3 Å². The van der Waals surface area contributed by atoms with Crippen LogP contribution in [0.4, 0.5) is 13.2 Å². The Morgan fingerprint density at radius 1 is 1.10 bits per heavy atom. The lowest BCUT2D eigenvalue weighted by atomic mass is 10.1. The number of hydrogen-bond donors (Lipinski definition) is 2. The second-order valence-corrected chi connectivity index (χ2v) is 6.71. The molecule has 0 saturated carbocycles. The molecule has 0 spiro atoms. The van der Waals surface area contributed by atoms with Crippen molar-refractivity contribution in [2.45, 2.75) is 32.7 Å². The number of carbonyl (C=O) groups excluding carboxylic acids is 1. The van der Waals surface area contributed by atoms with E-state index in [4.69, 9.17) is 4.74 Å². The Hall–Kier alpha value is -2.33. The Morgan fingerprint density at radius 3 is 2.37 bits per heavy atom. The number of guanidine groups is 1. The molecule has 1 aromatic rings.